The fourth-order valence-electron chi connectivity index (χ4n) is 1.47. The molecule has 0 amide bonds. The van der Waals surface area contributed by atoms with Crippen molar-refractivity contribution in [3.63, 3.8) is 0 Å². The summed E-state index contributed by atoms with van der Waals surface area (Å²) in [6, 6.07) is 9.93. The van der Waals surface area contributed by atoms with E-state index >= 15 is 0 Å². The maximum atomic E-state index is 11.2. The van der Waals surface area contributed by atoms with Gasteiger partial charge in [-0.05, 0) is 24.5 Å². The van der Waals surface area contributed by atoms with Crippen LogP contribution in [0.2, 0.25) is 0 Å². The molecule has 0 radical (unpaired) electrons. The van der Waals surface area contributed by atoms with E-state index in [1.807, 2.05) is 36.4 Å². The first-order valence-corrected chi connectivity index (χ1v) is 6.69. The Bertz CT molecular complexity index is 444. The standard InChI is InChI=1S/C17H22O2/c1-4-14(2)10-11-17(12-15(3)18)19-13-16-8-6-5-7-9-16/h5-12,14H,4,13H2,1-3H3/b11-10-,17-12+/t14-/m1/s1. The maximum absolute atomic E-state index is 11.2. The van der Waals surface area contributed by atoms with E-state index in [-0.39, 0.29) is 5.78 Å². The molecule has 1 rings (SSSR count). The van der Waals surface area contributed by atoms with Gasteiger partial charge in [0, 0.05) is 6.08 Å². The van der Waals surface area contributed by atoms with E-state index in [4.69, 9.17) is 4.74 Å². The molecule has 0 aliphatic carbocycles. The molecule has 19 heavy (non-hydrogen) atoms. The third-order valence-corrected chi connectivity index (χ3v) is 2.83. The molecule has 0 saturated carbocycles. The predicted octanol–water partition coefficient (Wildman–Crippen LogP) is 4.28. The lowest BCUT2D eigenvalue weighted by atomic mass is 10.1. The van der Waals surface area contributed by atoms with Gasteiger partial charge in [-0.15, -0.1) is 0 Å². The van der Waals surface area contributed by atoms with Gasteiger partial charge in [-0.2, -0.15) is 0 Å². The van der Waals surface area contributed by atoms with Crippen LogP contribution in [0.1, 0.15) is 32.8 Å². The molecule has 1 aromatic rings. The van der Waals surface area contributed by atoms with E-state index in [1.165, 1.54) is 13.0 Å². The number of rotatable bonds is 7. The molecule has 0 aliphatic rings. The number of ketones is 1. The summed E-state index contributed by atoms with van der Waals surface area (Å²) in [6.07, 6.45) is 6.56. The van der Waals surface area contributed by atoms with E-state index < -0.39 is 0 Å². The molecule has 1 aromatic carbocycles. The van der Waals surface area contributed by atoms with Crippen molar-refractivity contribution in [2.45, 2.75) is 33.8 Å². The minimum atomic E-state index is -0.00290. The van der Waals surface area contributed by atoms with Gasteiger partial charge in [-0.1, -0.05) is 56.7 Å². The van der Waals surface area contributed by atoms with Gasteiger partial charge in [-0.25, -0.2) is 0 Å². The molecular weight excluding hydrogens is 236 g/mol. The van der Waals surface area contributed by atoms with Crippen molar-refractivity contribution in [1.82, 2.24) is 0 Å². The van der Waals surface area contributed by atoms with E-state index in [1.54, 1.807) is 0 Å². The lowest BCUT2D eigenvalue weighted by Gasteiger charge is -2.08. The van der Waals surface area contributed by atoms with Crippen LogP contribution in [0.5, 0.6) is 0 Å². The average molecular weight is 258 g/mol. The summed E-state index contributed by atoms with van der Waals surface area (Å²) in [7, 11) is 0. The Morgan fingerprint density at radius 1 is 1.32 bits per heavy atom. The van der Waals surface area contributed by atoms with Crippen LogP contribution in [0.3, 0.4) is 0 Å². The van der Waals surface area contributed by atoms with Crippen LogP contribution in [0.4, 0.5) is 0 Å². The van der Waals surface area contributed by atoms with Crippen LogP contribution < -0.4 is 0 Å². The summed E-state index contributed by atoms with van der Waals surface area (Å²) in [6.45, 7) is 6.28. The molecule has 0 N–H and O–H groups in total. The highest BCUT2D eigenvalue weighted by molar-refractivity contribution is 5.88. The summed E-state index contributed by atoms with van der Waals surface area (Å²) in [5.41, 5.74) is 1.09. The summed E-state index contributed by atoms with van der Waals surface area (Å²) < 4.78 is 5.69. The first-order chi connectivity index (χ1) is 9.11. The van der Waals surface area contributed by atoms with Crippen molar-refractivity contribution in [3.8, 4) is 0 Å². The normalized spacial score (nSPS) is 13.5. The Morgan fingerprint density at radius 2 is 2.00 bits per heavy atom. The average Bonchev–Trinajstić information content (AvgIpc) is 2.42. The van der Waals surface area contributed by atoms with Gasteiger partial charge in [0.15, 0.2) is 5.78 Å². The van der Waals surface area contributed by atoms with Crippen molar-refractivity contribution in [2.24, 2.45) is 5.92 Å². The molecule has 1 atom stereocenters. The molecule has 0 unspecified atom stereocenters. The third-order valence-electron chi connectivity index (χ3n) is 2.83. The number of hydrogen-bond donors (Lipinski definition) is 0. The third kappa shape index (κ3) is 6.61. The van der Waals surface area contributed by atoms with Crippen LogP contribution in [0.25, 0.3) is 0 Å². The van der Waals surface area contributed by atoms with Crippen molar-refractivity contribution in [1.29, 1.82) is 0 Å². The molecular formula is C17H22O2. The molecule has 0 aromatic heterocycles. The molecule has 0 aliphatic heterocycles. The highest BCUT2D eigenvalue weighted by Gasteiger charge is 1.99. The Balaban J connectivity index is 2.66. The number of carbonyl (C=O) groups is 1. The molecule has 0 heterocycles. The van der Waals surface area contributed by atoms with Gasteiger partial charge in [0.05, 0.1) is 0 Å². The smallest absolute Gasteiger partial charge is 0.156 e. The summed E-state index contributed by atoms with van der Waals surface area (Å²) in [4.78, 5) is 11.2. The van der Waals surface area contributed by atoms with Crippen LogP contribution in [0, 0.1) is 5.92 Å². The SMILES string of the molecule is CC[C@@H](C)/C=C\C(=C/C(C)=O)OCc1ccccc1. The maximum Gasteiger partial charge on any atom is 0.156 e. The summed E-state index contributed by atoms with van der Waals surface area (Å²) in [5, 5.41) is 0. The fourth-order valence-corrected chi connectivity index (χ4v) is 1.47. The second-order valence-corrected chi connectivity index (χ2v) is 4.68. The van der Waals surface area contributed by atoms with Crippen molar-refractivity contribution in [2.75, 3.05) is 0 Å². The first kappa shape index (κ1) is 15.2. The number of allylic oxidation sites excluding steroid dienone is 3. The van der Waals surface area contributed by atoms with E-state index in [2.05, 4.69) is 19.9 Å². The number of carbonyl (C=O) groups excluding carboxylic acids is 1. The largest absolute Gasteiger partial charge is 0.489 e. The minimum Gasteiger partial charge on any atom is -0.489 e. The molecule has 0 bridgehead atoms. The molecule has 0 fully saturated rings. The highest BCUT2D eigenvalue weighted by atomic mass is 16.5. The van der Waals surface area contributed by atoms with Gasteiger partial charge in [0.1, 0.15) is 12.4 Å². The second-order valence-electron chi connectivity index (χ2n) is 4.68. The number of ether oxygens (including phenoxy) is 1. The van der Waals surface area contributed by atoms with E-state index in [0.717, 1.165) is 12.0 Å². The summed E-state index contributed by atoms with van der Waals surface area (Å²) >= 11 is 0. The highest BCUT2D eigenvalue weighted by Crippen LogP contribution is 2.10. The van der Waals surface area contributed by atoms with Crippen LogP contribution in [-0.4, -0.2) is 5.78 Å². The molecule has 2 heteroatoms. The summed E-state index contributed by atoms with van der Waals surface area (Å²) in [5.74, 6) is 1.10. The Hall–Kier alpha value is -1.83. The zero-order valence-electron chi connectivity index (χ0n) is 11.9. The molecule has 2 nitrogen and oxygen atoms in total. The van der Waals surface area contributed by atoms with Gasteiger partial charge in [0.2, 0.25) is 0 Å². The van der Waals surface area contributed by atoms with Crippen LogP contribution in [0.15, 0.2) is 54.3 Å². The van der Waals surface area contributed by atoms with E-state index in [0.29, 0.717) is 18.3 Å². The zero-order valence-corrected chi connectivity index (χ0v) is 11.9. The Kier molecular flexibility index (Phi) is 6.65. The monoisotopic (exact) mass is 258 g/mol. The molecule has 0 spiro atoms. The Labute approximate surface area is 115 Å². The zero-order chi connectivity index (χ0) is 14.1. The van der Waals surface area contributed by atoms with Gasteiger partial charge >= 0.3 is 0 Å². The van der Waals surface area contributed by atoms with Crippen molar-refractivity contribution >= 4 is 5.78 Å². The Morgan fingerprint density at radius 3 is 2.58 bits per heavy atom. The van der Waals surface area contributed by atoms with Gasteiger partial charge in [0.25, 0.3) is 0 Å². The molecule has 102 valence electrons. The lowest BCUT2D eigenvalue weighted by Crippen LogP contribution is -1.96. The topological polar surface area (TPSA) is 26.3 Å². The minimum absolute atomic E-state index is 0.00290. The lowest BCUT2D eigenvalue weighted by molar-refractivity contribution is -0.112. The van der Waals surface area contributed by atoms with Crippen molar-refractivity contribution < 1.29 is 9.53 Å². The predicted molar refractivity (Wildman–Crippen MR) is 78.6 cm³/mol. The quantitative estimate of drug-likeness (QED) is 0.414. The fraction of sp³-hybridized carbons (Fsp3) is 0.353. The van der Waals surface area contributed by atoms with Crippen LogP contribution in [-0.2, 0) is 16.1 Å². The number of hydrogen-bond acceptors (Lipinski definition) is 2. The van der Waals surface area contributed by atoms with Crippen LogP contribution >= 0.6 is 0 Å². The van der Waals surface area contributed by atoms with E-state index in [9.17, 15) is 4.79 Å². The van der Waals surface area contributed by atoms with Gasteiger partial charge < -0.3 is 4.74 Å². The van der Waals surface area contributed by atoms with Crippen molar-refractivity contribution in [3.05, 3.63) is 59.9 Å². The number of benzene rings is 1. The first-order valence-electron chi connectivity index (χ1n) is 6.69. The molecule has 0 saturated heterocycles. The second kappa shape index (κ2) is 8.30. The van der Waals surface area contributed by atoms with Gasteiger partial charge in [-0.3, -0.25) is 4.79 Å².